The molecule has 2 atom stereocenters. The predicted molar refractivity (Wildman–Crippen MR) is 144 cm³/mol. The molecule has 0 aliphatic rings. The topological polar surface area (TPSA) is 201 Å². The van der Waals surface area contributed by atoms with E-state index in [1.165, 1.54) is 45.2 Å². The number of benzene rings is 2. The lowest BCUT2D eigenvalue weighted by molar-refractivity contribution is -0.192. The van der Waals surface area contributed by atoms with Crippen LogP contribution in [0.1, 0.15) is 43.0 Å². The van der Waals surface area contributed by atoms with Crippen LogP contribution in [0.3, 0.4) is 0 Å². The highest BCUT2D eigenvalue weighted by atomic mass is 32.2. The average molecular weight is 658 g/mol. The summed E-state index contributed by atoms with van der Waals surface area (Å²) in [4.78, 5) is 32.4. The van der Waals surface area contributed by atoms with Crippen molar-refractivity contribution in [3.63, 3.8) is 0 Å². The van der Waals surface area contributed by atoms with Crippen molar-refractivity contribution in [1.82, 2.24) is 10.0 Å². The zero-order valence-electron chi connectivity index (χ0n) is 23.3. The number of hydrogen-bond acceptors (Lipinski definition) is 7. The predicted octanol–water partition coefficient (Wildman–Crippen LogP) is 3.14. The molecule has 2 rings (SSSR count). The van der Waals surface area contributed by atoms with Crippen LogP contribution in [0.4, 0.5) is 32.0 Å². The van der Waals surface area contributed by atoms with Gasteiger partial charge in [0.2, 0.25) is 21.8 Å². The van der Waals surface area contributed by atoms with Crippen LogP contribution in [0.5, 0.6) is 0 Å². The first-order chi connectivity index (χ1) is 20.1. The van der Waals surface area contributed by atoms with Crippen molar-refractivity contribution in [1.29, 1.82) is 5.41 Å². The molecule has 44 heavy (non-hydrogen) atoms. The molecule has 0 saturated carbocycles. The van der Waals surface area contributed by atoms with Gasteiger partial charge in [-0.3, -0.25) is 15.0 Å². The number of carboxylic acid groups (broad SMARTS) is 1. The molecule has 0 spiro atoms. The monoisotopic (exact) mass is 657 g/mol. The molecule has 2 amide bonds. The van der Waals surface area contributed by atoms with Gasteiger partial charge >= 0.3 is 18.3 Å². The van der Waals surface area contributed by atoms with E-state index in [2.05, 4.69) is 15.4 Å². The zero-order chi connectivity index (χ0) is 34.0. The molecule has 0 aromatic heterocycles. The number of amides is 2. The molecule has 0 aliphatic carbocycles. The second-order valence-electron chi connectivity index (χ2n) is 9.04. The fourth-order valence-electron chi connectivity index (χ4n) is 3.35. The van der Waals surface area contributed by atoms with Crippen LogP contribution in [0.2, 0.25) is 0 Å². The van der Waals surface area contributed by atoms with E-state index in [9.17, 15) is 44.3 Å². The molecule has 0 bridgehead atoms. The third kappa shape index (κ3) is 12.2. The van der Waals surface area contributed by atoms with Gasteiger partial charge < -0.3 is 26.2 Å². The van der Waals surface area contributed by atoms with Crippen LogP contribution in [0.15, 0.2) is 47.4 Å². The van der Waals surface area contributed by atoms with Crippen molar-refractivity contribution in [3.05, 3.63) is 59.2 Å². The summed E-state index contributed by atoms with van der Waals surface area (Å²) in [6.07, 6.45) is -10.7. The Labute approximate surface area is 247 Å². The fraction of sp³-hybridized carbons (Fsp3) is 0.360. The molecule has 2 aromatic carbocycles. The number of carboxylic acids is 1. The van der Waals surface area contributed by atoms with Gasteiger partial charge in [0.05, 0.1) is 23.1 Å². The summed E-state index contributed by atoms with van der Waals surface area (Å²) in [6, 6.07) is 6.90. The minimum atomic E-state index is -5.08. The zero-order valence-corrected chi connectivity index (χ0v) is 24.1. The number of methoxy groups -OCH3 is 1. The average Bonchev–Trinajstić information content (AvgIpc) is 2.87. The Kier molecular flexibility index (Phi) is 13.3. The molecule has 7 N–H and O–H groups in total. The molecule has 0 radical (unpaired) electrons. The SMILES string of the molecule is COCC(C)NS(=O)(=O)c1ccc(C(C)NC(=O)CC(=O)Nc2ccc(C(=N)N)cc2)cc1C(F)(F)F.O=C(O)C(F)(F)F. The third-order valence-electron chi connectivity index (χ3n) is 5.29. The van der Waals surface area contributed by atoms with E-state index in [0.717, 1.165) is 12.1 Å². The summed E-state index contributed by atoms with van der Waals surface area (Å²) in [5, 5.41) is 19.4. The van der Waals surface area contributed by atoms with Crippen LogP contribution in [-0.2, 0) is 35.3 Å². The number of rotatable bonds is 11. The first-order valence-electron chi connectivity index (χ1n) is 12.1. The Morgan fingerprint density at radius 3 is 2.00 bits per heavy atom. The number of nitrogen functional groups attached to an aromatic ring is 1. The molecule has 0 heterocycles. The number of ether oxygens (including phenoxy) is 1. The Morgan fingerprint density at radius 1 is 1.00 bits per heavy atom. The standard InChI is InChI=1S/C23H28F3N5O5S.C2HF3O2/c1-13(12-36-3)31-37(34,35)19-9-6-16(10-18(19)23(24,25)26)14(2)29-20(32)11-21(33)30-17-7-4-15(5-8-17)22(27)28;3-2(4,5)1(6)7/h4-10,13-14,31H,11-12H2,1-3H3,(H3,27,28)(H,29,32)(H,30,33);(H,6,7). The molecule has 244 valence electrons. The van der Waals surface area contributed by atoms with E-state index in [0.29, 0.717) is 17.3 Å². The minimum Gasteiger partial charge on any atom is -0.475 e. The summed E-state index contributed by atoms with van der Waals surface area (Å²) in [5.41, 5.74) is 4.76. The first-order valence-corrected chi connectivity index (χ1v) is 13.6. The second kappa shape index (κ2) is 15.5. The van der Waals surface area contributed by atoms with Gasteiger partial charge in [-0.25, -0.2) is 17.9 Å². The van der Waals surface area contributed by atoms with Gasteiger partial charge in [0.1, 0.15) is 12.3 Å². The Morgan fingerprint density at radius 2 is 1.55 bits per heavy atom. The van der Waals surface area contributed by atoms with Gasteiger partial charge in [-0.1, -0.05) is 6.07 Å². The second-order valence-corrected chi connectivity index (χ2v) is 10.7. The van der Waals surface area contributed by atoms with Gasteiger partial charge in [0.15, 0.2) is 0 Å². The smallest absolute Gasteiger partial charge is 0.475 e. The Bertz CT molecular complexity index is 1450. The van der Waals surface area contributed by atoms with Crippen molar-refractivity contribution in [2.24, 2.45) is 5.73 Å². The molecule has 0 fully saturated rings. The van der Waals surface area contributed by atoms with E-state index in [4.69, 9.17) is 25.8 Å². The van der Waals surface area contributed by atoms with E-state index in [1.807, 2.05) is 0 Å². The van der Waals surface area contributed by atoms with Crippen molar-refractivity contribution < 1.29 is 59.0 Å². The van der Waals surface area contributed by atoms with Gasteiger partial charge in [0, 0.05) is 24.4 Å². The maximum Gasteiger partial charge on any atom is 0.490 e. The van der Waals surface area contributed by atoms with Crippen molar-refractivity contribution in [2.75, 3.05) is 19.0 Å². The maximum atomic E-state index is 13.7. The number of nitrogens with one attached hydrogen (secondary N) is 4. The Balaban J connectivity index is 0.00000123. The number of carbonyl (C=O) groups is 3. The molecule has 12 nitrogen and oxygen atoms in total. The fourth-order valence-corrected chi connectivity index (χ4v) is 4.78. The number of amidine groups is 1. The lowest BCUT2D eigenvalue weighted by atomic mass is 10.0. The van der Waals surface area contributed by atoms with Crippen LogP contribution in [0.25, 0.3) is 0 Å². The number of aliphatic carboxylic acids is 1. The number of sulfonamides is 1. The number of anilines is 1. The number of alkyl halides is 6. The van der Waals surface area contributed by atoms with Gasteiger partial charge in [0.25, 0.3) is 0 Å². The van der Waals surface area contributed by atoms with Crippen LogP contribution in [0, 0.1) is 5.41 Å². The molecular weight excluding hydrogens is 628 g/mol. The van der Waals surface area contributed by atoms with E-state index in [1.54, 1.807) is 0 Å². The van der Waals surface area contributed by atoms with Crippen molar-refractivity contribution >= 4 is 39.3 Å². The number of carbonyl (C=O) groups excluding carboxylic acids is 2. The maximum absolute atomic E-state index is 13.7. The summed E-state index contributed by atoms with van der Waals surface area (Å²) in [5.74, 6) is -4.34. The molecule has 19 heteroatoms. The molecule has 2 aromatic rings. The molecule has 0 aliphatic heterocycles. The Hall–Kier alpha value is -4.23. The summed E-state index contributed by atoms with van der Waals surface area (Å²) in [6.45, 7) is 2.80. The third-order valence-corrected chi connectivity index (χ3v) is 6.94. The van der Waals surface area contributed by atoms with Gasteiger partial charge in [-0.05, 0) is 55.8 Å². The largest absolute Gasteiger partial charge is 0.490 e. The van der Waals surface area contributed by atoms with E-state index < -0.39 is 69.1 Å². The van der Waals surface area contributed by atoms with Crippen molar-refractivity contribution in [2.45, 2.75) is 49.6 Å². The van der Waals surface area contributed by atoms with Gasteiger partial charge in [-0.15, -0.1) is 0 Å². The van der Waals surface area contributed by atoms with Gasteiger partial charge in [-0.2, -0.15) is 26.3 Å². The first kappa shape index (κ1) is 37.8. The lowest BCUT2D eigenvalue weighted by Crippen LogP contribution is -2.36. The van der Waals surface area contributed by atoms with Crippen molar-refractivity contribution in [3.8, 4) is 0 Å². The number of nitrogens with two attached hydrogens (primary N) is 1. The van der Waals surface area contributed by atoms with Crippen LogP contribution >= 0.6 is 0 Å². The highest BCUT2D eigenvalue weighted by Gasteiger charge is 2.39. The molecule has 0 saturated heterocycles. The minimum absolute atomic E-state index is 0.00945. The van der Waals surface area contributed by atoms with E-state index in [-0.39, 0.29) is 18.0 Å². The van der Waals surface area contributed by atoms with Crippen LogP contribution < -0.4 is 21.1 Å². The summed E-state index contributed by atoms with van der Waals surface area (Å²) < 4.78 is 105. The number of hydrogen-bond donors (Lipinski definition) is 6. The highest BCUT2D eigenvalue weighted by Crippen LogP contribution is 2.36. The van der Waals surface area contributed by atoms with Crippen LogP contribution in [-0.4, -0.2) is 63.1 Å². The summed E-state index contributed by atoms with van der Waals surface area (Å²) >= 11 is 0. The quantitative estimate of drug-likeness (QED) is 0.0916. The molecule has 2 unspecified atom stereocenters. The molecular formula is C25H29F6N5O7S. The number of halogens is 6. The highest BCUT2D eigenvalue weighted by molar-refractivity contribution is 7.89. The normalized spacial score (nSPS) is 13.1. The van der Waals surface area contributed by atoms with E-state index >= 15 is 0 Å². The summed E-state index contributed by atoms with van der Waals surface area (Å²) in [7, 11) is -3.20. The lowest BCUT2D eigenvalue weighted by Gasteiger charge is -2.20.